The maximum Gasteiger partial charge on any atom is 0.160 e. The van der Waals surface area contributed by atoms with Gasteiger partial charge >= 0.3 is 0 Å². The minimum Gasteiger partial charge on any atom is -0.308 e. The van der Waals surface area contributed by atoms with Gasteiger partial charge in [-0.25, -0.2) is 9.97 Å². The van der Waals surface area contributed by atoms with Gasteiger partial charge in [0.2, 0.25) is 0 Å². The van der Waals surface area contributed by atoms with Crippen LogP contribution in [0.3, 0.4) is 0 Å². The first-order chi connectivity index (χ1) is 28.3. The molecule has 5 heteroatoms. The summed E-state index contributed by atoms with van der Waals surface area (Å²) in [6, 6.07) is 67.9. The normalized spacial score (nSPS) is 11.9. The van der Waals surface area contributed by atoms with Crippen molar-refractivity contribution in [3.05, 3.63) is 188 Å². The molecule has 0 unspecified atom stereocenters. The number of nitrogens with zero attached hydrogens (tertiary/aromatic N) is 3. The van der Waals surface area contributed by atoms with Crippen molar-refractivity contribution in [3.8, 4) is 50.6 Å². The second kappa shape index (κ2) is 12.8. The fourth-order valence-corrected chi connectivity index (χ4v) is 10.9. The van der Waals surface area contributed by atoms with Gasteiger partial charge in [-0.05, 0) is 53.6 Å². The molecule has 0 aliphatic rings. The van der Waals surface area contributed by atoms with Crippen LogP contribution in [0.5, 0.6) is 0 Å². The molecule has 4 aromatic heterocycles. The summed E-state index contributed by atoms with van der Waals surface area (Å²) in [6.07, 6.45) is 0. The van der Waals surface area contributed by atoms with Crippen LogP contribution >= 0.6 is 22.7 Å². The number of hydrogen-bond donors (Lipinski definition) is 0. The van der Waals surface area contributed by atoms with E-state index in [-0.39, 0.29) is 0 Å². The molecule has 0 aliphatic carbocycles. The SMILES string of the molecule is c1ccc(-c2nc(-c3cc(-c4ccccc4)c(-n4c5ccccc5c5cc6sc7ccccc7c6cc54)c(-c4ccccc4)c3)c3sc4ccccc4c3n2)cc1. The highest BCUT2D eigenvalue weighted by atomic mass is 32.1. The highest BCUT2D eigenvalue weighted by Gasteiger charge is 2.24. The minimum atomic E-state index is 0.725. The summed E-state index contributed by atoms with van der Waals surface area (Å²) in [5.74, 6) is 0.725. The number of para-hydroxylation sites is 1. The molecule has 3 nitrogen and oxygen atoms in total. The maximum atomic E-state index is 5.45. The average Bonchev–Trinajstić information content (AvgIpc) is 3.95. The Hall–Kier alpha value is -6.92. The van der Waals surface area contributed by atoms with E-state index in [1.807, 2.05) is 17.4 Å². The van der Waals surface area contributed by atoms with Crippen molar-refractivity contribution >= 4 is 85.0 Å². The molecule has 12 rings (SSSR count). The van der Waals surface area contributed by atoms with E-state index in [2.05, 4.69) is 187 Å². The average molecular weight is 762 g/mol. The van der Waals surface area contributed by atoms with Crippen molar-refractivity contribution < 1.29 is 0 Å². The Morgan fingerprint density at radius 1 is 0.368 bits per heavy atom. The minimum absolute atomic E-state index is 0.725. The lowest BCUT2D eigenvalue weighted by Crippen LogP contribution is -2.02. The van der Waals surface area contributed by atoms with Gasteiger partial charge in [0.15, 0.2) is 5.82 Å². The zero-order chi connectivity index (χ0) is 37.5. The second-order valence-corrected chi connectivity index (χ2v) is 16.6. The predicted octanol–water partition coefficient (Wildman–Crippen LogP) is 15.0. The summed E-state index contributed by atoms with van der Waals surface area (Å²) >= 11 is 3.64. The number of benzene rings is 8. The van der Waals surface area contributed by atoms with Crippen molar-refractivity contribution in [2.24, 2.45) is 0 Å². The Kier molecular flexibility index (Phi) is 7.27. The summed E-state index contributed by atoms with van der Waals surface area (Å²) < 4.78 is 7.43. The zero-order valence-electron chi connectivity index (χ0n) is 30.6. The third kappa shape index (κ3) is 5.10. The van der Waals surface area contributed by atoms with Crippen LogP contribution in [0.15, 0.2) is 188 Å². The molecule has 0 radical (unpaired) electrons. The summed E-state index contributed by atoms with van der Waals surface area (Å²) in [4.78, 5) is 10.7. The molecule has 0 amide bonds. The third-order valence-corrected chi connectivity index (χ3v) is 13.5. The molecule has 0 fully saturated rings. The smallest absolute Gasteiger partial charge is 0.160 e. The molecule has 0 N–H and O–H groups in total. The van der Waals surface area contributed by atoms with Crippen molar-refractivity contribution in [2.75, 3.05) is 0 Å². The van der Waals surface area contributed by atoms with Crippen molar-refractivity contribution in [3.63, 3.8) is 0 Å². The van der Waals surface area contributed by atoms with Gasteiger partial charge in [0.25, 0.3) is 0 Å². The Balaban J connectivity index is 1.24. The van der Waals surface area contributed by atoms with E-state index in [0.717, 1.165) is 66.2 Å². The summed E-state index contributed by atoms with van der Waals surface area (Å²) in [5.41, 5.74) is 12.1. The number of rotatable bonds is 5. The van der Waals surface area contributed by atoms with Crippen molar-refractivity contribution in [1.82, 2.24) is 14.5 Å². The molecule has 0 saturated heterocycles. The highest BCUT2D eigenvalue weighted by molar-refractivity contribution is 7.26. The lowest BCUT2D eigenvalue weighted by Gasteiger charge is -2.21. The van der Waals surface area contributed by atoms with E-state index in [0.29, 0.717) is 0 Å². The van der Waals surface area contributed by atoms with E-state index in [1.165, 1.54) is 46.7 Å². The first-order valence-corrected chi connectivity index (χ1v) is 20.8. The van der Waals surface area contributed by atoms with Crippen LogP contribution in [0, 0.1) is 0 Å². The first kappa shape index (κ1) is 32.3. The highest BCUT2D eigenvalue weighted by Crippen LogP contribution is 2.47. The zero-order valence-corrected chi connectivity index (χ0v) is 32.2. The van der Waals surface area contributed by atoms with Crippen LogP contribution in [-0.2, 0) is 0 Å². The molecule has 8 aromatic carbocycles. The molecule has 0 saturated carbocycles. The Labute approximate surface area is 336 Å². The monoisotopic (exact) mass is 761 g/mol. The predicted molar refractivity (Wildman–Crippen MR) is 244 cm³/mol. The van der Waals surface area contributed by atoms with E-state index >= 15 is 0 Å². The van der Waals surface area contributed by atoms with Crippen molar-refractivity contribution in [2.45, 2.75) is 0 Å². The Bertz CT molecular complexity index is 3450. The Morgan fingerprint density at radius 2 is 0.930 bits per heavy atom. The molecule has 0 spiro atoms. The molecular weight excluding hydrogens is 731 g/mol. The van der Waals surface area contributed by atoms with E-state index in [4.69, 9.17) is 9.97 Å². The molecule has 0 bridgehead atoms. The summed E-state index contributed by atoms with van der Waals surface area (Å²) in [6.45, 7) is 0. The van der Waals surface area contributed by atoms with Crippen LogP contribution in [-0.4, -0.2) is 14.5 Å². The third-order valence-electron chi connectivity index (χ3n) is 11.2. The summed E-state index contributed by atoms with van der Waals surface area (Å²) in [5, 5.41) is 6.22. The van der Waals surface area contributed by atoms with Gasteiger partial charge in [0.1, 0.15) is 0 Å². The van der Waals surface area contributed by atoms with Gasteiger partial charge in [0.05, 0.1) is 32.6 Å². The molecule has 4 heterocycles. The maximum absolute atomic E-state index is 5.45. The first-order valence-electron chi connectivity index (χ1n) is 19.2. The van der Waals surface area contributed by atoms with Crippen LogP contribution in [0.2, 0.25) is 0 Å². The number of fused-ring (bicyclic) bond motifs is 9. The van der Waals surface area contributed by atoms with Crippen LogP contribution in [0.1, 0.15) is 0 Å². The number of thiophene rings is 2. The van der Waals surface area contributed by atoms with E-state index < -0.39 is 0 Å². The second-order valence-electron chi connectivity index (χ2n) is 14.5. The fraction of sp³-hybridized carbons (Fsp3) is 0. The number of aromatic nitrogens is 3. The number of hydrogen-bond acceptors (Lipinski definition) is 4. The fourth-order valence-electron chi connectivity index (χ4n) is 8.62. The van der Waals surface area contributed by atoms with Gasteiger partial charge in [-0.2, -0.15) is 0 Å². The molecule has 12 aromatic rings. The largest absolute Gasteiger partial charge is 0.308 e. The quantitative estimate of drug-likeness (QED) is 0.175. The Morgan fingerprint density at radius 3 is 1.61 bits per heavy atom. The lowest BCUT2D eigenvalue weighted by molar-refractivity contribution is 1.18. The molecule has 266 valence electrons. The van der Waals surface area contributed by atoms with Crippen LogP contribution in [0.4, 0.5) is 0 Å². The summed E-state index contributed by atoms with van der Waals surface area (Å²) in [7, 11) is 0. The van der Waals surface area contributed by atoms with Crippen LogP contribution < -0.4 is 0 Å². The van der Waals surface area contributed by atoms with Gasteiger partial charge in [0, 0.05) is 63.3 Å². The van der Waals surface area contributed by atoms with Gasteiger partial charge < -0.3 is 4.57 Å². The van der Waals surface area contributed by atoms with Crippen molar-refractivity contribution in [1.29, 1.82) is 0 Å². The van der Waals surface area contributed by atoms with Gasteiger partial charge in [-0.3, -0.25) is 0 Å². The topological polar surface area (TPSA) is 30.7 Å². The van der Waals surface area contributed by atoms with Gasteiger partial charge in [-0.15, -0.1) is 22.7 Å². The lowest BCUT2D eigenvalue weighted by atomic mass is 9.91. The standard InChI is InChI=1S/C52H31N3S2/c1-4-16-32(17-5-1)39-28-35(48-51-49(38-24-12-15-27-46(38)57-51)54-52(53-48)34-20-8-3-9-21-34)29-40(33-18-6-2-7-19-33)50(39)55-43-25-13-10-22-36(43)41-31-47-42(30-44(41)55)37-23-11-14-26-45(37)56-47/h1-31H. The van der Waals surface area contributed by atoms with E-state index in [9.17, 15) is 0 Å². The van der Waals surface area contributed by atoms with E-state index in [1.54, 1.807) is 11.3 Å². The molecule has 0 atom stereocenters. The molecular formula is C52H31N3S2. The molecule has 0 aliphatic heterocycles. The molecule has 57 heavy (non-hydrogen) atoms. The van der Waals surface area contributed by atoms with Crippen LogP contribution in [0.25, 0.3) is 113 Å². The van der Waals surface area contributed by atoms with Gasteiger partial charge in [-0.1, -0.05) is 146 Å².